The maximum absolute atomic E-state index is 13.5. The molecule has 2 aromatic carbocycles. The largest absolute Gasteiger partial charge is 0.465 e. The van der Waals surface area contributed by atoms with Crippen molar-refractivity contribution in [2.24, 2.45) is 7.05 Å². The van der Waals surface area contributed by atoms with Crippen molar-refractivity contribution < 1.29 is 19.1 Å². The normalized spacial score (nSPS) is 13.6. The summed E-state index contributed by atoms with van der Waals surface area (Å²) in [6.45, 7) is 1.20. The molecule has 1 fully saturated rings. The lowest BCUT2D eigenvalue weighted by Crippen LogP contribution is -2.51. The van der Waals surface area contributed by atoms with Gasteiger partial charge in [0.05, 0.1) is 35.1 Å². The molecule has 5 rings (SSSR count). The molecule has 0 atom stereocenters. The van der Waals surface area contributed by atoms with Crippen LogP contribution in [0, 0.1) is 0 Å². The number of nitrogens with zero attached hydrogens (tertiary/aromatic N) is 5. The summed E-state index contributed by atoms with van der Waals surface area (Å²) in [6.07, 6.45) is 3.33. The summed E-state index contributed by atoms with van der Waals surface area (Å²) in [5.41, 5.74) is 1.79. The van der Waals surface area contributed by atoms with E-state index in [4.69, 9.17) is 4.74 Å². The fourth-order valence-electron chi connectivity index (χ4n) is 4.55. The van der Waals surface area contributed by atoms with E-state index in [1.165, 1.54) is 11.8 Å². The van der Waals surface area contributed by atoms with Crippen LogP contribution >= 0.6 is 0 Å². The molecule has 3 aliphatic rings. The molecular formula is C27H25N5O5. The number of rotatable bonds is 4. The number of fused-ring (bicyclic) bond motifs is 1. The average Bonchev–Trinajstić information content (AvgIpc) is 3.27. The standard InChI is InChI=1S/C27H25N5O5/c1-29-16-21(23-22(17-29)26(35)32(28-23)18-8-4-3-5-9-18)25(34)31-14-12-30(13-15-31)24(33)19-10-6-7-11-20(19)27(36)37-2/h3-11,16-17H,12-15H2,1-2H3. The first-order valence-electron chi connectivity index (χ1n) is 11.8. The van der Waals surface area contributed by atoms with Crippen molar-refractivity contribution in [1.29, 1.82) is 0 Å². The first-order chi connectivity index (χ1) is 17.9. The number of hydrogen-bond donors (Lipinski definition) is 0. The van der Waals surface area contributed by atoms with Gasteiger partial charge in [-0.3, -0.25) is 14.4 Å². The van der Waals surface area contributed by atoms with Gasteiger partial charge in [-0.1, -0.05) is 30.3 Å². The van der Waals surface area contributed by atoms with Gasteiger partial charge in [-0.15, -0.1) is 0 Å². The van der Waals surface area contributed by atoms with E-state index in [0.717, 1.165) is 0 Å². The van der Waals surface area contributed by atoms with Crippen LogP contribution in [0.1, 0.15) is 31.1 Å². The van der Waals surface area contributed by atoms with Crippen molar-refractivity contribution in [3.63, 3.8) is 0 Å². The first-order valence-corrected chi connectivity index (χ1v) is 11.8. The number of benzene rings is 2. The zero-order chi connectivity index (χ0) is 26.1. The number of para-hydroxylation sites is 1. The van der Waals surface area contributed by atoms with Gasteiger partial charge in [0.2, 0.25) is 0 Å². The van der Waals surface area contributed by atoms with Crippen LogP contribution in [0.4, 0.5) is 0 Å². The van der Waals surface area contributed by atoms with Crippen molar-refractivity contribution in [3.8, 4) is 16.9 Å². The zero-order valence-corrected chi connectivity index (χ0v) is 20.5. The molecule has 0 spiro atoms. The van der Waals surface area contributed by atoms with E-state index in [9.17, 15) is 19.2 Å². The average molecular weight is 500 g/mol. The third-order valence-electron chi connectivity index (χ3n) is 6.45. The number of esters is 1. The Morgan fingerprint density at radius 3 is 1.97 bits per heavy atom. The summed E-state index contributed by atoms with van der Waals surface area (Å²) in [6, 6.07) is 15.6. The van der Waals surface area contributed by atoms with Crippen LogP contribution in [0.15, 0.2) is 71.8 Å². The number of piperazine rings is 1. The molecule has 1 saturated heterocycles. The van der Waals surface area contributed by atoms with Crippen LogP contribution in [0.5, 0.6) is 0 Å². The molecule has 3 heterocycles. The molecule has 37 heavy (non-hydrogen) atoms. The number of carbonyl (C=O) groups is 3. The van der Waals surface area contributed by atoms with Gasteiger partial charge >= 0.3 is 5.97 Å². The monoisotopic (exact) mass is 499 g/mol. The lowest BCUT2D eigenvalue weighted by atomic mass is 10.1. The minimum atomic E-state index is -0.577. The van der Waals surface area contributed by atoms with E-state index in [2.05, 4.69) is 5.10 Å². The summed E-state index contributed by atoms with van der Waals surface area (Å²) in [5, 5.41) is 4.49. The third-order valence-corrected chi connectivity index (χ3v) is 6.45. The summed E-state index contributed by atoms with van der Waals surface area (Å²) < 4.78 is 7.78. The number of amides is 2. The van der Waals surface area contributed by atoms with E-state index >= 15 is 0 Å². The molecule has 0 radical (unpaired) electrons. The molecule has 0 saturated carbocycles. The number of pyridine rings is 1. The Bertz CT molecular complexity index is 1520. The topological polar surface area (TPSA) is 107 Å². The molecule has 0 N–H and O–H groups in total. The van der Waals surface area contributed by atoms with Gasteiger partial charge in [-0.25, -0.2) is 4.79 Å². The third kappa shape index (κ3) is 4.37. The Balaban J connectivity index is 1.37. The van der Waals surface area contributed by atoms with Gasteiger partial charge < -0.3 is 19.1 Å². The van der Waals surface area contributed by atoms with Gasteiger partial charge in [0.1, 0.15) is 5.69 Å². The fourth-order valence-corrected chi connectivity index (χ4v) is 4.55. The highest BCUT2D eigenvalue weighted by molar-refractivity contribution is 6.05. The van der Waals surface area contributed by atoms with Gasteiger partial charge in [0.15, 0.2) is 0 Å². The van der Waals surface area contributed by atoms with E-state index in [0.29, 0.717) is 48.7 Å². The highest BCUT2D eigenvalue weighted by Crippen LogP contribution is 2.24. The van der Waals surface area contributed by atoms with Crippen LogP contribution in [0.25, 0.3) is 16.9 Å². The van der Waals surface area contributed by atoms with Crippen molar-refractivity contribution in [3.05, 3.63) is 94.0 Å². The summed E-state index contributed by atoms with van der Waals surface area (Å²) in [7, 11) is 3.03. The second-order valence-electron chi connectivity index (χ2n) is 8.77. The fraction of sp³-hybridized carbons (Fsp3) is 0.222. The molecule has 10 heteroatoms. The lowest BCUT2D eigenvalue weighted by Gasteiger charge is -2.35. The Labute approximate surface area is 212 Å². The Morgan fingerprint density at radius 2 is 1.35 bits per heavy atom. The predicted octanol–water partition coefficient (Wildman–Crippen LogP) is 2.06. The summed E-state index contributed by atoms with van der Waals surface area (Å²) >= 11 is 0. The van der Waals surface area contributed by atoms with E-state index in [1.54, 1.807) is 70.2 Å². The Kier molecular flexibility index (Phi) is 6.31. The van der Waals surface area contributed by atoms with Crippen molar-refractivity contribution >= 4 is 17.8 Å². The highest BCUT2D eigenvalue weighted by atomic mass is 16.5. The number of hydrogen-bond acceptors (Lipinski definition) is 6. The second-order valence-corrected chi connectivity index (χ2v) is 8.77. The number of aromatic nitrogens is 3. The molecule has 0 unspecified atom stereocenters. The molecule has 2 amide bonds. The van der Waals surface area contributed by atoms with Crippen LogP contribution < -0.4 is 5.56 Å². The predicted molar refractivity (Wildman–Crippen MR) is 135 cm³/mol. The van der Waals surface area contributed by atoms with Crippen LogP contribution in [-0.4, -0.2) is 75.2 Å². The van der Waals surface area contributed by atoms with Gasteiger partial charge in [0.25, 0.3) is 17.4 Å². The molecular weight excluding hydrogens is 474 g/mol. The smallest absolute Gasteiger partial charge is 0.338 e. The maximum Gasteiger partial charge on any atom is 0.338 e. The van der Waals surface area contributed by atoms with Gasteiger partial charge in [-0.2, -0.15) is 9.78 Å². The minimum absolute atomic E-state index is 0.204. The molecule has 0 bridgehead atoms. The van der Waals surface area contributed by atoms with Crippen LogP contribution in [-0.2, 0) is 11.8 Å². The number of aryl methyl sites for hydroxylation is 1. The van der Waals surface area contributed by atoms with Crippen molar-refractivity contribution in [2.45, 2.75) is 0 Å². The summed E-state index contributed by atoms with van der Waals surface area (Å²) in [5.74, 6) is -1.13. The van der Waals surface area contributed by atoms with Gasteiger partial charge in [-0.05, 0) is 24.3 Å². The number of carbonyl (C=O) groups excluding carboxylic acids is 3. The molecule has 3 aliphatic heterocycles. The van der Waals surface area contributed by atoms with Crippen molar-refractivity contribution in [1.82, 2.24) is 24.1 Å². The van der Waals surface area contributed by atoms with E-state index in [1.807, 2.05) is 18.2 Å². The van der Waals surface area contributed by atoms with Crippen LogP contribution in [0.3, 0.4) is 0 Å². The minimum Gasteiger partial charge on any atom is -0.465 e. The van der Waals surface area contributed by atoms with Crippen molar-refractivity contribution in [2.75, 3.05) is 33.3 Å². The molecule has 2 aromatic rings. The number of ether oxygens (including phenoxy) is 1. The first kappa shape index (κ1) is 24.0. The Morgan fingerprint density at radius 1 is 0.784 bits per heavy atom. The van der Waals surface area contributed by atoms with Crippen LogP contribution in [0.2, 0.25) is 0 Å². The number of methoxy groups -OCH3 is 1. The quantitative estimate of drug-likeness (QED) is 0.398. The van der Waals surface area contributed by atoms with Gasteiger partial charge in [0, 0.05) is 45.6 Å². The van der Waals surface area contributed by atoms with E-state index < -0.39 is 5.97 Å². The Hall–Kier alpha value is -4.73. The zero-order valence-electron chi connectivity index (χ0n) is 20.5. The highest BCUT2D eigenvalue weighted by Gasteiger charge is 2.31. The molecule has 188 valence electrons. The second kappa shape index (κ2) is 9.73. The molecule has 10 nitrogen and oxygen atoms in total. The maximum atomic E-state index is 13.5. The van der Waals surface area contributed by atoms with E-state index in [-0.39, 0.29) is 28.5 Å². The molecule has 0 aromatic heterocycles. The molecule has 0 aliphatic carbocycles. The summed E-state index contributed by atoms with van der Waals surface area (Å²) in [4.78, 5) is 55.1. The lowest BCUT2D eigenvalue weighted by molar-refractivity contribution is 0.0526. The SMILES string of the molecule is COC(=O)c1ccccc1C(=O)N1CCN(C(=O)c2cn(C)cc3c(=O)n(-c4ccccc4)nc2-3)CC1.